The molecule has 0 saturated heterocycles. The molecule has 0 unspecified atom stereocenters. The van der Waals surface area contributed by atoms with E-state index in [2.05, 4.69) is 31.9 Å². The van der Waals surface area contributed by atoms with E-state index in [0.29, 0.717) is 5.69 Å². The fourth-order valence-corrected chi connectivity index (χ4v) is 3.52. The summed E-state index contributed by atoms with van der Waals surface area (Å²) in [6.45, 7) is 0. The Morgan fingerprint density at radius 3 is 2.10 bits per heavy atom. The Hall–Kier alpha value is -3.78. The van der Waals surface area contributed by atoms with Gasteiger partial charge >= 0.3 is 0 Å². The quantitative estimate of drug-likeness (QED) is 0.423. The number of benzene rings is 3. The molecule has 154 valence electrons. The van der Waals surface area contributed by atoms with Crippen LogP contribution in [0.1, 0.15) is 20.7 Å². The summed E-state index contributed by atoms with van der Waals surface area (Å²) in [5, 5.41) is 4.57. The van der Waals surface area contributed by atoms with Crippen LogP contribution in [0.15, 0.2) is 89.5 Å². The van der Waals surface area contributed by atoms with Crippen LogP contribution in [0.3, 0.4) is 0 Å². The SMILES string of the molecule is O=C(NNC(=O)c1cn(-c2ccccc2)nc1-c1ccccc1)c1ccc(F)cc1Br. The van der Waals surface area contributed by atoms with E-state index in [-0.39, 0.29) is 15.6 Å². The lowest BCUT2D eigenvalue weighted by molar-refractivity contribution is 0.0846. The van der Waals surface area contributed by atoms with Gasteiger partial charge in [0.05, 0.1) is 16.8 Å². The Balaban J connectivity index is 1.61. The van der Waals surface area contributed by atoms with Crippen LogP contribution in [0.5, 0.6) is 0 Å². The Labute approximate surface area is 185 Å². The van der Waals surface area contributed by atoms with Crippen molar-refractivity contribution in [2.24, 2.45) is 0 Å². The predicted octanol–water partition coefficient (Wildman–Crippen LogP) is 4.52. The minimum absolute atomic E-state index is 0.185. The molecule has 1 aromatic heterocycles. The summed E-state index contributed by atoms with van der Waals surface area (Å²) < 4.78 is 15.1. The maximum atomic E-state index is 13.3. The van der Waals surface area contributed by atoms with E-state index in [1.165, 1.54) is 18.2 Å². The third-order valence-corrected chi connectivity index (χ3v) is 5.15. The van der Waals surface area contributed by atoms with Crippen LogP contribution >= 0.6 is 15.9 Å². The summed E-state index contributed by atoms with van der Waals surface area (Å²) in [6, 6.07) is 22.3. The molecule has 1 heterocycles. The normalized spacial score (nSPS) is 10.5. The van der Waals surface area contributed by atoms with Gasteiger partial charge in [0.25, 0.3) is 11.8 Å². The van der Waals surface area contributed by atoms with Gasteiger partial charge in [0.15, 0.2) is 0 Å². The second-order valence-corrected chi connectivity index (χ2v) is 7.42. The van der Waals surface area contributed by atoms with E-state index in [4.69, 9.17) is 0 Å². The number of carbonyl (C=O) groups is 2. The summed E-state index contributed by atoms with van der Waals surface area (Å²) in [5.74, 6) is -1.60. The van der Waals surface area contributed by atoms with Crippen molar-refractivity contribution in [1.29, 1.82) is 0 Å². The molecule has 2 N–H and O–H groups in total. The summed E-state index contributed by atoms with van der Waals surface area (Å²) >= 11 is 3.14. The fourth-order valence-electron chi connectivity index (χ4n) is 2.98. The Bertz CT molecular complexity index is 1240. The number of aromatic nitrogens is 2. The van der Waals surface area contributed by atoms with Crippen LogP contribution in [0.2, 0.25) is 0 Å². The second kappa shape index (κ2) is 8.93. The van der Waals surface area contributed by atoms with Gasteiger partial charge in [-0.25, -0.2) is 9.07 Å². The molecule has 0 aliphatic heterocycles. The number of halogens is 2. The zero-order valence-electron chi connectivity index (χ0n) is 16.0. The van der Waals surface area contributed by atoms with Crippen molar-refractivity contribution in [3.8, 4) is 16.9 Å². The van der Waals surface area contributed by atoms with Crippen molar-refractivity contribution in [3.63, 3.8) is 0 Å². The molecule has 0 saturated carbocycles. The molecular formula is C23H16BrFN4O2. The van der Waals surface area contributed by atoms with E-state index < -0.39 is 17.6 Å². The molecule has 0 aliphatic rings. The molecule has 4 rings (SSSR count). The zero-order chi connectivity index (χ0) is 21.8. The highest BCUT2D eigenvalue weighted by Crippen LogP contribution is 2.23. The molecule has 4 aromatic rings. The average molecular weight is 479 g/mol. The standard InChI is InChI=1S/C23H16BrFN4O2/c24-20-13-16(25)11-12-18(20)22(30)26-27-23(31)19-14-29(17-9-5-2-6-10-17)28-21(19)15-7-3-1-4-8-15/h1-14H,(H,26,30)(H,27,31). The first-order chi connectivity index (χ1) is 15.0. The fraction of sp³-hybridized carbons (Fsp3) is 0. The van der Waals surface area contributed by atoms with Crippen LogP contribution in [0.4, 0.5) is 4.39 Å². The smallest absolute Gasteiger partial charge is 0.267 e. The number of rotatable bonds is 4. The maximum Gasteiger partial charge on any atom is 0.273 e. The molecule has 8 heteroatoms. The predicted molar refractivity (Wildman–Crippen MR) is 118 cm³/mol. The van der Waals surface area contributed by atoms with Gasteiger partial charge in [-0.05, 0) is 46.3 Å². The highest BCUT2D eigenvalue weighted by atomic mass is 79.9. The van der Waals surface area contributed by atoms with Crippen molar-refractivity contribution in [3.05, 3.63) is 106 Å². The molecule has 3 aromatic carbocycles. The van der Waals surface area contributed by atoms with Crippen molar-refractivity contribution < 1.29 is 14.0 Å². The van der Waals surface area contributed by atoms with Gasteiger partial charge in [0.1, 0.15) is 11.5 Å². The molecule has 0 spiro atoms. The van der Waals surface area contributed by atoms with Crippen LogP contribution < -0.4 is 10.9 Å². The van der Waals surface area contributed by atoms with Crippen molar-refractivity contribution in [1.82, 2.24) is 20.6 Å². The number of nitrogens with zero attached hydrogens (tertiary/aromatic N) is 2. The van der Waals surface area contributed by atoms with E-state index in [9.17, 15) is 14.0 Å². The monoisotopic (exact) mass is 478 g/mol. The van der Waals surface area contributed by atoms with Gasteiger partial charge in [0.2, 0.25) is 0 Å². The van der Waals surface area contributed by atoms with E-state index in [0.717, 1.165) is 11.3 Å². The third kappa shape index (κ3) is 4.54. The van der Waals surface area contributed by atoms with E-state index in [1.54, 1.807) is 10.9 Å². The molecule has 0 atom stereocenters. The van der Waals surface area contributed by atoms with Crippen LogP contribution in [-0.2, 0) is 0 Å². The average Bonchev–Trinajstić information content (AvgIpc) is 3.24. The first-order valence-corrected chi connectivity index (χ1v) is 10.1. The Morgan fingerprint density at radius 1 is 0.839 bits per heavy atom. The van der Waals surface area contributed by atoms with E-state index in [1.807, 2.05) is 60.7 Å². The molecule has 2 amide bonds. The number of hydrazine groups is 1. The first-order valence-electron chi connectivity index (χ1n) is 9.29. The number of nitrogens with one attached hydrogen (secondary N) is 2. The second-order valence-electron chi connectivity index (χ2n) is 6.57. The summed E-state index contributed by atoms with van der Waals surface area (Å²) in [5.41, 5.74) is 7.26. The lowest BCUT2D eigenvalue weighted by Crippen LogP contribution is -2.41. The van der Waals surface area contributed by atoms with Gasteiger partial charge in [-0.15, -0.1) is 0 Å². The van der Waals surface area contributed by atoms with Crippen LogP contribution in [-0.4, -0.2) is 21.6 Å². The highest BCUT2D eigenvalue weighted by molar-refractivity contribution is 9.10. The molecular weight excluding hydrogens is 463 g/mol. The van der Waals surface area contributed by atoms with Gasteiger partial charge in [-0.1, -0.05) is 48.5 Å². The molecule has 0 bridgehead atoms. The number of hydrogen-bond acceptors (Lipinski definition) is 3. The van der Waals surface area contributed by atoms with Crippen molar-refractivity contribution in [2.45, 2.75) is 0 Å². The maximum absolute atomic E-state index is 13.3. The Morgan fingerprint density at radius 2 is 1.45 bits per heavy atom. The first kappa shape index (κ1) is 20.5. The van der Waals surface area contributed by atoms with Crippen LogP contribution in [0.25, 0.3) is 16.9 Å². The minimum atomic E-state index is -0.586. The topological polar surface area (TPSA) is 76.0 Å². The largest absolute Gasteiger partial charge is 0.273 e. The molecule has 31 heavy (non-hydrogen) atoms. The third-order valence-electron chi connectivity index (χ3n) is 4.49. The highest BCUT2D eigenvalue weighted by Gasteiger charge is 2.20. The lowest BCUT2D eigenvalue weighted by atomic mass is 10.1. The molecule has 6 nitrogen and oxygen atoms in total. The molecule has 0 aliphatic carbocycles. The number of hydrogen-bond donors (Lipinski definition) is 2. The van der Waals surface area contributed by atoms with Gasteiger partial charge in [0, 0.05) is 16.2 Å². The molecule has 0 radical (unpaired) electrons. The van der Waals surface area contributed by atoms with E-state index >= 15 is 0 Å². The van der Waals surface area contributed by atoms with Crippen LogP contribution in [0, 0.1) is 5.82 Å². The van der Waals surface area contributed by atoms with Gasteiger partial charge < -0.3 is 0 Å². The Kier molecular flexibility index (Phi) is 5.90. The molecule has 0 fully saturated rings. The van der Waals surface area contributed by atoms with Gasteiger partial charge in [-0.3, -0.25) is 20.4 Å². The summed E-state index contributed by atoms with van der Waals surface area (Å²) in [4.78, 5) is 25.3. The lowest BCUT2D eigenvalue weighted by Gasteiger charge is -2.09. The minimum Gasteiger partial charge on any atom is -0.267 e. The number of amides is 2. The van der Waals surface area contributed by atoms with Gasteiger partial charge in [-0.2, -0.15) is 5.10 Å². The summed E-state index contributed by atoms with van der Waals surface area (Å²) in [6.07, 6.45) is 1.60. The van der Waals surface area contributed by atoms with Crippen molar-refractivity contribution in [2.75, 3.05) is 0 Å². The number of carbonyl (C=O) groups excluding carboxylic acids is 2. The number of para-hydroxylation sites is 1. The summed E-state index contributed by atoms with van der Waals surface area (Å²) in [7, 11) is 0. The zero-order valence-corrected chi connectivity index (χ0v) is 17.6. The van der Waals surface area contributed by atoms with Crippen molar-refractivity contribution >= 4 is 27.7 Å².